The van der Waals surface area contributed by atoms with Gasteiger partial charge in [-0.15, -0.1) is 5.10 Å². The maximum absolute atomic E-state index is 11.8. The van der Waals surface area contributed by atoms with Crippen LogP contribution in [0, 0.1) is 0 Å². The molecule has 0 saturated heterocycles. The van der Waals surface area contributed by atoms with Gasteiger partial charge in [0.2, 0.25) is 0 Å². The molecule has 0 aliphatic rings. The normalized spacial score (nSPS) is 10.2. The molecule has 132 valence electrons. The zero-order chi connectivity index (χ0) is 18.2. The van der Waals surface area contributed by atoms with E-state index in [0.717, 1.165) is 5.75 Å². The average molecular weight is 353 g/mol. The van der Waals surface area contributed by atoms with Crippen LogP contribution < -0.4 is 10.1 Å². The van der Waals surface area contributed by atoms with Crippen LogP contribution in [0.15, 0.2) is 60.9 Å². The SMILES string of the molecule is O=C(COC(=O)Cn1cnnn1)Nc1ccc(Oc2ccccc2)cc1. The Bertz CT molecular complexity index is 851. The van der Waals surface area contributed by atoms with Crippen molar-refractivity contribution >= 4 is 17.6 Å². The standard InChI is InChI=1S/C17H15N5O4/c23-16(11-25-17(24)10-22-12-18-20-21-22)19-13-6-8-15(9-7-13)26-14-4-2-1-3-5-14/h1-9,12H,10-11H2,(H,19,23). The van der Waals surface area contributed by atoms with Gasteiger partial charge >= 0.3 is 5.97 Å². The van der Waals surface area contributed by atoms with Crippen molar-refractivity contribution in [3.8, 4) is 11.5 Å². The number of carbonyl (C=O) groups excluding carboxylic acids is 2. The van der Waals surface area contributed by atoms with Crippen molar-refractivity contribution in [2.24, 2.45) is 0 Å². The van der Waals surface area contributed by atoms with Crippen LogP contribution in [0.1, 0.15) is 0 Å². The number of benzene rings is 2. The molecule has 1 N–H and O–H groups in total. The summed E-state index contributed by atoms with van der Waals surface area (Å²) in [7, 11) is 0. The molecule has 2 aromatic carbocycles. The van der Waals surface area contributed by atoms with Gasteiger partial charge < -0.3 is 14.8 Å². The third kappa shape index (κ3) is 5.13. The van der Waals surface area contributed by atoms with Gasteiger partial charge in [-0.1, -0.05) is 18.2 Å². The summed E-state index contributed by atoms with van der Waals surface area (Å²) in [6.07, 6.45) is 1.28. The predicted molar refractivity (Wildman–Crippen MR) is 90.4 cm³/mol. The zero-order valence-electron chi connectivity index (χ0n) is 13.6. The summed E-state index contributed by atoms with van der Waals surface area (Å²) in [4.78, 5) is 23.4. The van der Waals surface area contributed by atoms with E-state index < -0.39 is 18.5 Å². The highest BCUT2D eigenvalue weighted by Gasteiger charge is 2.09. The molecule has 0 atom stereocenters. The number of nitrogens with zero attached hydrogens (tertiary/aromatic N) is 4. The van der Waals surface area contributed by atoms with Crippen molar-refractivity contribution in [1.29, 1.82) is 0 Å². The first-order valence-corrected chi connectivity index (χ1v) is 7.68. The van der Waals surface area contributed by atoms with Crippen molar-refractivity contribution in [1.82, 2.24) is 20.2 Å². The number of tetrazole rings is 1. The minimum Gasteiger partial charge on any atom is -0.457 e. The molecular weight excluding hydrogens is 338 g/mol. The van der Waals surface area contributed by atoms with Gasteiger partial charge in [0.15, 0.2) is 6.61 Å². The first-order valence-electron chi connectivity index (χ1n) is 7.68. The monoisotopic (exact) mass is 353 g/mol. The zero-order valence-corrected chi connectivity index (χ0v) is 13.6. The van der Waals surface area contributed by atoms with Crippen LogP contribution in [0.2, 0.25) is 0 Å². The first-order chi connectivity index (χ1) is 12.7. The average Bonchev–Trinajstić information content (AvgIpc) is 3.15. The molecule has 0 aliphatic heterocycles. The van der Waals surface area contributed by atoms with Crippen molar-refractivity contribution in [3.05, 3.63) is 60.9 Å². The van der Waals surface area contributed by atoms with Gasteiger partial charge in [-0.25, -0.2) is 4.68 Å². The summed E-state index contributed by atoms with van der Waals surface area (Å²) < 4.78 is 11.7. The molecule has 9 heteroatoms. The molecule has 0 radical (unpaired) electrons. The van der Waals surface area contributed by atoms with E-state index in [9.17, 15) is 9.59 Å². The highest BCUT2D eigenvalue weighted by Crippen LogP contribution is 2.22. The summed E-state index contributed by atoms with van der Waals surface area (Å²) in [5, 5.41) is 12.9. The highest BCUT2D eigenvalue weighted by molar-refractivity contribution is 5.92. The second-order valence-electron chi connectivity index (χ2n) is 5.16. The van der Waals surface area contributed by atoms with Gasteiger partial charge in [-0.2, -0.15) is 0 Å². The number of anilines is 1. The lowest BCUT2D eigenvalue weighted by molar-refractivity contribution is -0.148. The molecule has 0 aliphatic carbocycles. The van der Waals surface area contributed by atoms with Gasteiger partial charge in [-0.05, 0) is 46.8 Å². The molecule has 0 fully saturated rings. The summed E-state index contributed by atoms with van der Waals surface area (Å²) in [5.74, 6) is 0.298. The summed E-state index contributed by atoms with van der Waals surface area (Å²) in [6, 6.07) is 16.2. The molecule has 3 aromatic rings. The van der Waals surface area contributed by atoms with E-state index in [0.29, 0.717) is 11.4 Å². The smallest absolute Gasteiger partial charge is 0.328 e. The number of rotatable bonds is 7. The molecule has 26 heavy (non-hydrogen) atoms. The van der Waals surface area contributed by atoms with Crippen molar-refractivity contribution < 1.29 is 19.1 Å². The van der Waals surface area contributed by atoms with Crippen LogP contribution in [0.4, 0.5) is 5.69 Å². The Balaban J connectivity index is 1.44. The summed E-state index contributed by atoms with van der Waals surface area (Å²) in [5.41, 5.74) is 0.562. The van der Waals surface area contributed by atoms with Gasteiger partial charge in [-0.3, -0.25) is 9.59 Å². The fraction of sp³-hybridized carbons (Fsp3) is 0.118. The van der Waals surface area contributed by atoms with E-state index in [1.807, 2.05) is 30.3 Å². The predicted octanol–water partition coefficient (Wildman–Crippen LogP) is 1.65. The maximum Gasteiger partial charge on any atom is 0.328 e. The lowest BCUT2D eigenvalue weighted by Crippen LogP contribution is -2.23. The quantitative estimate of drug-likeness (QED) is 0.643. The number of ether oxygens (including phenoxy) is 2. The minimum atomic E-state index is -0.612. The Labute approximate surface area is 148 Å². The lowest BCUT2D eigenvalue weighted by Gasteiger charge is -2.08. The number of para-hydroxylation sites is 1. The van der Waals surface area contributed by atoms with E-state index in [4.69, 9.17) is 9.47 Å². The summed E-state index contributed by atoms with van der Waals surface area (Å²) in [6.45, 7) is -0.560. The van der Waals surface area contributed by atoms with E-state index in [-0.39, 0.29) is 6.54 Å². The van der Waals surface area contributed by atoms with E-state index >= 15 is 0 Å². The molecule has 1 aromatic heterocycles. The highest BCUT2D eigenvalue weighted by atomic mass is 16.5. The van der Waals surface area contributed by atoms with Crippen LogP contribution in [0.3, 0.4) is 0 Å². The van der Waals surface area contributed by atoms with E-state index in [2.05, 4.69) is 20.8 Å². The second kappa shape index (κ2) is 8.38. The number of aromatic nitrogens is 4. The molecule has 1 amide bonds. The number of nitrogens with one attached hydrogen (secondary N) is 1. The van der Waals surface area contributed by atoms with E-state index in [1.54, 1.807) is 24.3 Å². The largest absolute Gasteiger partial charge is 0.457 e. The third-order valence-electron chi connectivity index (χ3n) is 3.16. The fourth-order valence-electron chi connectivity index (χ4n) is 2.00. The third-order valence-corrected chi connectivity index (χ3v) is 3.16. The van der Waals surface area contributed by atoms with Crippen LogP contribution in [0.5, 0.6) is 11.5 Å². The number of esters is 1. The van der Waals surface area contributed by atoms with Crippen molar-refractivity contribution in [2.45, 2.75) is 6.54 Å². The number of carbonyl (C=O) groups is 2. The fourth-order valence-corrected chi connectivity index (χ4v) is 2.00. The number of hydrogen-bond acceptors (Lipinski definition) is 7. The molecule has 0 bridgehead atoms. The Kier molecular flexibility index (Phi) is 5.51. The van der Waals surface area contributed by atoms with Crippen LogP contribution in [-0.2, 0) is 20.9 Å². The lowest BCUT2D eigenvalue weighted by atomic mass is 10.3. The molecule has 0 unspecified atom stereocenters. The van der Waals surface area contributed by atoms with Gasteiger partial charge in [0, 0.05) is 5.69 Å². The van der Waals surface area contributed by atoms with Crippen LogP contribution in [-0.4, -0.2) is 38.7 Å². The van der Waals surface area contributed by atoms with Crippen molar-refractivity contribution in [3.63, 3.8) is 0 Å². The van der Waals surface area contributed by atoms with Crippen LogP contribution in [0.25, 0.3) is 0 Å². The number of hydrogen-bond donors (Lipinski definition) is 1. The molecule has 0 saturated carbocycles. The molecule has 1 heterocycles. The Morgan fingerprint density at radius 3 is 2.42 bits per heavy atom. The van der Waals surface area contributed by atoms with Crippen LogP contribution >= 0.6 is 0 Å². The Hall–Kier alpha value is -3.75. The topological polar surface area (TPSA) is 108 Å². The summed E-state index contributed by atoms with van der Waals surface area (Å²) >= 11 is 0. The molecule has 0 spiro atoms. The maximum atomic E-state index is 11.8. The first kappa shape index (κ1) is 17.1. The molecule has 9 nitrogen and oxygen atoms in total. The van der Waals surface area contributed by atoms with E-state index in [1.165, 1.54) is 11.0 Å². The second-order valence-corrected chi connectivity index (χ2v) is 5.16. The van der Waals surface area contributed by atoms with Crippen molar-refractivity contribution in [2.75, 3.05) is 11.9 Å². The Morgan fingerprint density at radius 1 is 1.00 bits per heavy atom. The van der Waals surface area contributed by atoms with Gasteiger partial charge in [0.25, 0.3) is 5.91 Å². The molecular formula is C17H15N5O4. The minimum absolute atomic E-state index is 0.161. The van der Waals surface area contributed by atoms with Gasteiger partial charge in [0.05, 0.1) is 0 Å². The number of amides is 1. The Morgan fingerprint density at radius 2 is 1.73 bits per heavy atom. The molecule has 3 rings (SSSR count). The van der Waals surface area contributed by atoms with Gasteiger partial charge in [0.1, 0.15) is 24.4 Å².